The normalized spacial score (nSPS) is 19.1. The lowest BCUT2D eigenvalue weighted by molar-refractivity contribution is -0.143. The van der Waals surface area contributed by atoms with E-state index in [1.807, 2.05) is 19.0 Å². The van der Waals surface area contributed by atoms with Gasteiger partial charge in [0.25, 0.3) is 0 Å². The van der Waals surface area contributed by atoms with E-state index < -0.39 is 11.9 Å². The van der Waals surface area contributed by atoms with Gasteiger partial charge in [0.1, 0.15) is 0 Å². The summed E-state index contributed by atoms with van der Waals surface area (Å²) in [5.41, 5.74) is 0. The minimum Gasteiger partial charge on any atom is -0.481 e. The molecular formula is C15H29N3O3. The number of carbonyl (C=O) groups is 2. The van der Waals surface area contributed by atoms with Crippen molar-refractivity contribution in [1.29, 1.82) is 0 Å². The molecule has 1 N–H and O–H groups in total. The van der Waals surface area contributed by atoms with Gasteiger partial charge in [-0.15, -0.1) is 0 Å². The predicted molar refractivity (Wildman–Crippen MR) is 82.3 cm³/mol. The molecule has 1 rings (SSSR count). The summed E-state index contributed by atoms with van der Waals surface area (Å²) in [6.45, 7) is 7.39. The van der Waals surface area contributed by atoms with E-state index in [0.29, 0.717) is 38.5 Å². The van der Waals surface area contributed by atoms with Crippen molar-refractivity contribution < 1.29 is 14.7 Å². The second kappa shape index (κ2) is 8.22. The molecule has 0 unspecified atom stereocenters. The molecule has 0 bridgehead atoms. The van der Waals surface area contributed by atoms with E-state index in [1.165, 1.54) is 0 Å². The smallest absolute Gasteiger partial charge is 0.320 e. The van der Waals surface area contributed by atoms with E-state index in [9.17, 15) is 9.59 Å². The lowest BCUT2D eigenvalue weighted by Crippen LogP contribution is -2.51. The topological polar surface area (TPSA) is 64.1 Å². The first-order valence-corrected chi connectivity index (χ1v) is 7.72. The Hall–Kier alpha value is -1.30. The molecule has 2 amide bonds. The molecule has 0 aromatic carbocycles. The maximum atomic E-state index is 12.7. The Kier molecular flexibility index (Phi) is 6.95. The van der Waals surface area contributed by atoms with E-state index in [4.69, 9.17) is 5.11 Å². The fraction of sp³-hybridized carbons (Fsp3) is 0.867. The Labute approximate surface area is 127 Å². The molecule has 6 heteroatoms. The third-order valence-electron chi connectivity index (χ3n) is 3.71. The number of amides is 2. The Morgan fingerprint density at radius 3 is 2.48 bits per heavy atom. The van der Waals surface area contributed by atoms with Gasteiger partial charge in [0.15, 0.2) is 0 Å². The maximum Gasteiger partial charge on any atom is 0.320 e. The monoisotopic (exact) mass is 299 g/mol. The first kappa shape index (κ1) is 17.8. The van der Waals surface area contributed by atoms with Crippen LogP contribution in [0.3, 0.4) is 0 Å². The number of likely N-dealkylation sites (tertiary alicyclic amines) is 1. The van der Waals surface area contributed by atoms with Crippen molar-refractivity contribution in [2.45, 2.75) is 26.7 Å². The molecule has 1 fully saturated rings. The summed E-state index contributed by atoms with van der Waals surface area (Å²) in [5, 5.41) is 9.14. The maximum absolute atomic E-state index is 12.7. The van der Waals surface area contributed by atoms with Crippen LogP contribution in [-0.4, -0.2) is 78.6 Å². The lowest BCUT2D eigenvalue weighted by atomic mass is 9.98. The number of hydrogen-bond donors (Lipinski definition) is 1. The van der Waals surface area contributed by atoms with Gasteiger partial charge in [0.2, 0.25) is 0 Å². The highest BCUT2D eigenvalue weighted by Crippen LogP contribution is 2.18. The molecule has 1 saturated heterocycles. The van der Waals surface area contributed by atoms with Crippen LogP contribution >= 0.6 is 0 Å². The molecule has 0 aliphatic carbocycles. The number of rotatable bonds is 6. The summed E-state index contributed by atoms with van der Waals surface area (Å²) in [7, 11) is 3.97. The summed E-state index contributed by atoms with van der Waals surface area (Å²) >= 11 is 0. The second-order valence-corrected chi connectivity index (χ2v) is 6.55. The second-order valence-electron chi connectivity index (χ2n) is 6.55. The Morgan fingerprint density at radius 2 is 1.95 bits per heavy atom. The minimum atomic E-state index is -0.795. The average Bonchev–Trinajstić information content (AvgIpc) is 2.42. The van der Waals surface area contributed by atoms with Crippen molar-refractivity contribution in [3.05, 3.63) is 0 Å². The number of nitrogens with zero attached hydrogens (tertiary/aromatic N) is 3. The number of piperidine rings is 1. The Bertz CT molecular complexity index is 358. The third-order valence-corrected chi connectivity index (χ3v) is 3.71. The Morgan fingerprint density at radius 1 is 1.29 bits per heavy atom. The molecule has 1 aliphatic rings. The Balaban J connectivity index is 2.67. The van der Waals surface area contributed by atoms with Gasteiger partial charge in [-0.2, -0.15) is 0 Å². The molecule has 0 saturated carbocycles. The van der Waals surface area contributed by atoms with Crippen LogP contribution in [-0.2, 0) is 4.79 Å². The molecule has 0 radical (unpaired) electrons. The lowest BCUT2D eigenvalue weighted by Gasteiger charge is -2.36. The van der Waals surface area contributed by atoms with Gasteiger partial charge >= 0.3 is 12.0 Å². The molecule has 21 heavy (non-hydrogen) atoms. The molecular weight excluding hydrogens is 270 g/mol. The molecule has 0 spiro atoms. The van der Waals surface area contributed by atoms with Gasteiger partial charge in [-0.25, -0.2) is 4.79 Å². The number of aliphatic carboxylic acids is 1. The molecule has 122 valence electrons. The summed E-state index contributed by atoms with van der Waals surface area (Å²) in [6.07, 6.45) is 1.44. The number of carboxylic acid groups (broad SMARTS) is 1. The third kappa shape index (κ3) is 5.91. The fourth-order valence-electron chi connectivity index (χ4n) is 2.58. The summed E-state index contributed by atoms with van der Waals surface area (Å²) < 4.78 is 0. The van der Waals surface area contributed by atoms with Crippen LogP contribution in [0.15, 0.2) is 0 Å². The van der Waals surface area contributed by atoms with Gasteiger partial charge in [-0.3, -0.25) is 4.79 Å². The predicted octanol–water partition coefficient (Wildman–Crippen LogP) is 1.42. The first-order chi connectivity index (χ1) is 9.81. The van der Waals surface area contributed by atoms with Crippen molar-refractivity contribution in [2.75, 3.05) is 46.8 Å². The SMILES string of the molecule is CC(C)CN(CCN(C)C)C(=O)N1CCC[C@H](C(=O)O)C1. The number of carbonyl (C=O) groups excluding carboxylic acids is 1. The summed E-state index contributed by atoms with van der Waals surface area (Å²) in [4.78, 5) is 29.4. The minimum absolute atomic E-state index is 0.0171. The highest BCUT2D eigenvalue weighted by Gasteiger charge is 2.30. The number of likely N-dealkylation sites (N-methyl/N-ethyl adjacent to an activating group) is 1. The molecule has 1 atom stereocenters. The van der Waals surface area contributed by atoms with Crippen molar-refractivity contribution >= 4 is 12.0 Å². The quantitative estimate of drug-likeness (QED) is 0.806. The van der Waals surface area contributed by atoms with Gasteiger partial charge in [0, 0.05) is 32.7 Å². The van der Waals surface area contributed by atoms with Crippen LogP contribution in [0.5, 0.6) is 0 Å². The fourth-order valence-corrected chi connectivity index (χ4v) is 2.58. The molecule has 1 heterocycles. The van der Waals surface area contributed by atoms with E-state index in [2.05, 4.69) is 18.7 Å². The van der Waals surface area contributed by atoms with E-state index in [1.54, 1.807) is 4.90 Å². The highest BCUT2D eigenvalue weighted by atomic mass is 16.4. The molecule has 0 aromatic rings. The zero-order valence-electron chi connectivity index (χ0n) is 13.7. The van der Waals surface area contributed by atoms with E-state index in [0.717, 1.165) is 13.0 Å². The van der Waals surface area contributed by atoms with Crippen molar-refractivity contribution in [3.63, 3.8) is 0 Å². The zero-order chi connectivity index (χ0) is 16.0. The van der Waals surface area contributed by atoms with Gasteiger partial charge < -0.3 is 19.8 Å². The van der Waals surface area contributed by atoms with Crippen LogP contribution in [0.1, 0.15) is 26.7 Å². The van der Waals surface area contributed by atoms with Crippen molar-refractivity contribution in [1.82, 2.24) is 14.7 Å². The first-order valence-electron chi connectivity index (χ1n) is 7.72. The van der Waals surface area contributed by atoms with Gasteiger partial charge in [-0.1, -0.05) is 13.8 Å². The van der Waals surface area contributed by atoms with Crippen LogP contribution < -0.4 is 0 Å². The van der Waals surface area contributed by atoms with Crippen LogP contribution in [0, 0.1) is 11.8 Å². The standard InChI is InChI=1S/C15H29N3O3/c1-12(2)10-18(9-8-16(3)4)15(21)17-7-5-6-13(11-17)14(19)20/h12-13H,5-11H2,1-4H3,(H,19,20)/t13-/m0/s1. The van der Waals surface area contributed by atoms with Crippen molar-refractivity contribution in [3.8, 4) is 0 Å². The molecule has 0 aromatic heterocycles. The van der Waals surface area contributed by atoms with Crippen LogP contribution in [0.2, 0.25) is 0 Å². The molecule has 6 nitrogen and oxygen atoms in total. The summed E-state index contributed by atoms with van der Waals surface area (Å²) in [5.74, 6) is -0.815. The average molecular weight is 299 g/mol. The zero-order valence-corrected chi connectivity index (χ0v) is 13.7. The largest absolute Gasteiger partial charge is 0.481 e. The van der Waals surface area contributed by atoms with Crippen molar-refractivity contribution in [2.24, 2.45) is 11.8 Å². The van der Waals surface area contributed by atoms with E-state index in [-0.39, 0.29) is 6.03 Å². The highest BCUT2D eigenvalue weighted by molar-refractivity contribution is 5.76. The number of hydrogen-bond acceptors (Lipinski definition) is 3. The summed E-state index contributed by atoms with van der Waals surface area (Å²) in [6, 6.07) is -0.0171. The van der Waals surface area contributed by atoms with Crippen LogP contribution in [0.25, 0.3) is 0 Å². The number of urea groups is 1. The van der Waals surface area contributed by atoms with Crippen LogP contribution in [0.4, 0.5) is 4.79 Å². The molecule has 1 aliphatic heterocycles. The number of carboxylic acids is 1. The van der Waals surface area contributed by atoms with Gasteiger partial charge in [0.05, 0.1) is 5.92 Å². The van der Waals surface area contributed by atoms with E-state index >= 15 is 0 Å². The van der Waals surface area contributed by atoms with Gasteiger partial charge in [-0.05, 0) is 32.9 Å².